The van der Waals surface area contributed by atoms with Gasteiger partial charge in [0.15, 0.2) is 18.1 Å². The number of nitrogens with zero attached hydrogens (tertiary/aromatic N) is 1. The number of rotatable bonds is 9. The summed E-state index contributed by atoms with van der Waals surface area (Å²) in [7, 11) is 1.49. The Morgan fingerprint density at radius 2 is 2.00 bits per heavy atom. The lowest BCUT2D eigenvalue weighted by Gasteiger charge is -2.10. The van der Waals surface area contributed by atoms with Gasteiger partial charge >= 0.3 is 5.97 Å². The molecule has 2 rings (SSSR count). The fourth-order valence-electron chi connectivity index (χ4n) is 2.43. The molecule has 0 aliphatic carbocycles. The molecule has 0 radical (unpaired) electrons. The number of nitrogens with one attached hydrogen (secondary N) is 1. The molecule has 0 aromatic heterocycles. The molecule has 0 spiro atoms. The zero-order valence-electron chi connectivity index (χ0n) is 16.6. The van der Waals surface area contributed by atoms with Crippen molar-refractivity contribution in [2.75, 3.05) is 25.6 Å². The van der Waals surface area contributed by atoms with Crippen molar-refractivity contribution in [2.24, 2.45) is 0 Å². The molecule has 0 aliphatic heterocycles. The summed E-state index contributed by atoms with van der Waals surface area (Å²) in [5, 5.41) is 11.3. The number of anilines is 1. The maximum atomic E-state index is 12.4. The summed E-state index contributed by atoms with van der Waals surface area (Å²) >= 11 is 3.32. The second-order valence-corrected chi connectivity index (χ2v) is 6.92. The molecule has 1 amide bonds. The Balaban J connectivity index is 2.13. The van der Waals surface area contributed by atoms with E-state index >= 15 is 0 Å². The van der Waals surface area contributed by atoms with Crippen LogP contribution < -0.4 is 14.8 Å². The van der Waals surface area contributed by atoms with E-state index in [1.54, 1.807) is 42.5 Å². The predicted molar refractivity (Wildman–Crippen MR) is 116 cm³/mol. The fraction of sp³-hybridized carbons (Fsp3) is 0.227. The SMILES string of the molecule is CCCOC(=O)c1cc(Br)ccc1NC(=O)/C=C/c1ccc(OCC#N)c(OC)c1. The van der Waals surface area contributed by atoms with Crippen LogP contribution in [0, 0.1) is 11.3 Å². The van der Waals surface area contributed by atoms with Gasteiger partial charge in [-0.05, 0) is 48.4 Å². The largest absolute Gasteiger partial charge is 0.493 e. The van der Waals surface area contributed by atoms with Gasteiger partial charge in [-0.3, -0.25) is 4.79 Å². The van der Waals surface area contributed by atoms with Crippen molar-refractivity contribution in [3.05, 3.63) is 58.1 Å². The van der Waals surface area contributed by atoms with Gasteiger partial charge in [-0.2, -0.15) is 5.26 Å². The lowest BCUT2D eigenvalue weighted by Crippen LogP contribution is -2.14. The number of ether oxygens (including phenoxy) is 3. The Hall–Kier alpha value is -3.31. The highest BCUT2D eigenvalue weighted by atomic mass is 79.9. The highest BCUT2D eigenvalue weighted by Gasteiger charge is 2.15. The predicted octanol–water partition coefficient (Wildman–Crippen LogP) is 4.58. The third-order valence-corrected chi connectivity index (χ3v) is 4.30. The number of esters is 1. The van der Waals surface area contributed by atoms with Crippen LogP contribution in [0.25, 0.3) is 6.08 Å². The van der Waals surface area contributed by atoms with E-state index in [9.17, 15) is 9.59 Å². The van der Waals surface area contributed by atoms with E-state index in [2.05, 4.69) is 21.2 Å². The van der Waals surface area contributed by atoms with Crippen LogP contribution in [0.1, 0.15) is 29.3 Å². The first-order chi connectivity index (χ1) is 14.5. The van der Waals surface area contributed by atoms with Crippen LogP contribution in [0.15, 0.2) is 46.9 Å². The number of hydrogen-bond donors (Lipinski definition) is 1. The standard InChI is InChI=1S/C22H21BrN2O5/c1-3-11-30-22(27)17-14-16(23)6-7-18(17)25-21(26)9-5-15-4-8-19(29-12-10-24)20(13-15)28-2/h4-9,13-14H,3,11-12H2,1-2H3,(H,25,26)/b9-5+. The molecule has 0 bridgehead atoms. The highest BCUT2D eigenvalue weighted by Crippen LogP contribution is 2.28. The Labute approximate surface area is 183 Å². The Morgan fingerprint density at radius 3 is 2.70 bits per heavy atom. The van der Waals surface area contributed by atoms with E-state index in [0.29, 0.717) is 40.3 Å². The Kier molecular flexibility index (Phi) is 8.91. The first-order valence-electron chi connectivity index (χ1n) is 9.12. The number of amides is 1. The van der Waals surface area contributed by atoms with Gasteiger partial charge in [-0.15, -0.1) is 0 Å². The molecular formula is C22H21BrN2O5. The average Bonchev–Trinajstić information content (AvgIpc) is 2.75. The van der Waals surface area contributed by atoms with Crippen LogP contribution in [0.5, 0.6) is 11.5 Å². The third kappa shape index (κ3) is 6.64. The highest BCUT2D eigenvalue weighted by molar-refractivity contribution is 9.10. The molecule has 0 fully saturated rings. The van der Waals surface area contributed by atoms with Gasteiger partial charge in [-0.1, -0.05) is 28.9 Å². The normalized spacial score (nSPS) is 10.3. The third-order valence-electron chi connectivity index (χ3n) is 3.80. The molecule has 0 heterocycles. The minimum atomic E-state index is -0.505. The van der Waals surface area contributed by atoms with Gasteiger partial charge in [-0.25, -0.2) is 4.79 Å². The van der Waals surface area contributed by atoms with Gasteiger partial charge in [0.05, 0.1) is 25.0 Å². The van der Waals surface area contributed by atoms with Gasteiger partial charge in [0.1, 0.15) is 6.07 Å². The molecule has 30 heavy (non-hydrogen) atoms. The van der Waals surface area contributed by atoms with Crippen molar-refractivity contribution in [2.45, 2.75) is 13.3 Å². The Morgan fingerprint density at radius 1 is 1.20 bits per heavy atom. The van der Waals surface area contributed by atoms with Crippen molar-refractivity contribution < 1.29 is 23.8 Å². The maximum Gasteiger partial charge on any atom is 0.340 e. The summed E-state index contributed by atoms with van der Waals surface area (Å²) in [5.41, 5.74) is 1.32. The van der Waals surface area contributed by atoms with Gasteiger partial charge < -0.3 is 19.5 Å². The number of nitriles is 1. The van der Waals surface area contributed by atoms with Crippen LogP contribution >= 0.6 is 15.9 Å². The molecule has 0 unspecified atom stereocenters. The van der Waals surface area contributed by atoms with Crippen LogP contribution in [0.3, 0.4) is 0 Å². The minimum absolute atomic E-state index is 0.0931. The van der Waals surface area contributed by atoms with Gasteiger partial charge in [0.2, 0.25) is 5.91 Å². The number of halogens is 1. The zero-order chi connectivity index (χ0) is 21.9. The summed E-state index contributed by atoms with van der Waals surface area (Å²) in [5.74, 6) is -0.0341. The summed E-state index contributed by atoms with van der Waals surface area (Å²) in [6, 6.07) is 11.9. The van der Waals surface area contributed by atoms with Crippen molar-refractivity contribution in [3.63, 3.8) is 0 Å². The molecular weight excluding hydrogens is 452 g/mol. The second-order valence-electron chi connectivity index (χ2n) is 6.01. The topological polar surface area (TPSA) is 97.6 Å². The number of carbonyl (C=O) groups is 2. The van der Waals surface area contributed by atoms with E-state index in [-0.39, 0.29) is 12.2 Å². The van der Waals surface area contributed by atoms with Crippen LogP contribution in [-0.2, 0) is 9.53 Å². The van der Waals surface area contributed by atoms with Crippen LogP contribution in [0.2, 0.25) is 0 Å². The average molecular weight is 473 g/mol. The van der Waals surface area contributed by atoms with E-state index in [0.717, 1.165) is 0 Å². The zero-order valence-corrected chi connectivity index (χ0v) is 18.2. The summed E-state index contributed by atoms with van der Waals surface area (Å²) in [6.45, 7) is 2.11. The van der Waals surface area contributed by atoms with Crippen molar-refractivity contribution >= 4 is 39.6 Å². The lowest BCUT2D eigenvalue weighted by atomic mass is 10.1. The lowest BCUT2D eigenvalue weighted by molar-refractivity contribution is -0.111. The van der Waals surface area contributed by atoms with E-state index in [1.165, 1.54) is 13.2 Å². The number of methoxy groups -OCH3 is 1. The van der Waals surface area contributed by atoms with Crippen molar-refractivity contribution in [1.82, 2.24) is 0 Å². The molecule has 0 aliphatic rings. The van der Waals surface area contributed by atoms with Crippen molar-refractivity contribution in [1.29, 1.82) is 5.26 Å². The first kappa shape index (κ1) is 23.0. The van der Waals surface area contributed by atoms with E-state index < -0.39 is 11.9 Å². The second kappa shape index (κ2) is 11.6. The maximum absolute atomic E-state index is 12.4. The van der Waals surface area contributed by atoms with Gasteiger partial charge in [0.25, 0.3) is 0 Å². The molecule has 8 heteroatoms. The van der Waals surface area contributed by atoms with Gasteiger partial charge in [0, 0.05) is 10.5 Å². The molecule has 1 N–H and O–H groups in total. The molecule has 0 saturated heterocycles. The van der Waals surface area contributed by atoms with Crippen LogP contribution in [-0.4, -0.2) is 32.2 Å². The summed E-state index contributed by atoms with van der Waals surface area (Å²) in [4.78, 5) is 24.6. The first-order valence-corrected chi connectivity index (χ1v) is 9.91. The van der Waals surface area contributed by atoms with Crippen molar-refractivity contribution in [3.8, 4) is 17.6 Å². The molecule has 2 aromatic rings. The fourth-order valence-corrected chi connectivity index (χ4v) is 2.79. The minimum Gasteiger partial charge on any atom is -0.493 e. The quantitative estimate of drug-likeness (QED) is 0.423. The molecule has 7 nitrogen and oxygen atoms in total. The smallest absolute Gasteiger partial charge is 0.340 e. The van der Waals surface area contributed by atoms with E-state index in [1.807, 2.05) is 13.0 Å². The molecule has 156 valence electrons. The van der Waals surface area contributed by atoms with E-state index in [4.69, 9.17) is 19.5 Å². The molecule has 0 saturated carbocycles. The number of benzene rings is 2. The monoisotopic (exact) mass is 472 g/mol. The summed E-state index contributed by atoms with van der Waals surface area (Å²) < 4.78 is 16.4. The number of hydrogen-bond acceptors (Lipinski definition) is 6. The molecule has 2 aromatic carbocycles. The number of carbonyl (C=O) groups excluding carboxylic acids is 2. The Bertz CT molecular complexity index is 982. The molecule has 0 atom stereocenters. The van der Waals surface area contributed by atoms with Crippen LogP contribution in [0.4, 0.5) is 5.69 Å². The summed E-state index contributed by atoms with van der Waals surface area (Å²) in [6.07, 6.45) is 3.64.